The van der Waals surface area contributed by atoms with E-state index in [-0.39, 0.29) is 5.75 Å². The smallest absolute Gasteiger partial charge is 0.421 e. The van der Waals surface area contributed by atoms with Crippen LogP contribution in [0.15, 0.2) is 43.0 Å². The van der Waals surface area contributed by atoms with Crippen LogP contribution in [-0.2, 0) is 19.1 Å². The van der Waals surface area contributed by atoms with E-state index in [0.29, 0.717) is 6.08 Å². The van der Waals surface area contributed by atoms with E-state index in [1.165, 1.54) is 18.2 Å². The van der Waals surface area contributed by atoms with Crippen LogP contribution in [0, 0.1) is 0 Å². The first-order valence-corrected chi connectivity index (χ1v) is 8.92. The number of rotatable bonds is 11. The first-order valence-electron chi connectivity index (χ1n) is 8.48. The van der Waals surface area contributed by atoms with Crippen molar-refractivity contribution in [3.63, 3.8) is 0 Å². The number of halogens is 7. The molecule has 174 valence electrons. The Bertz CT molecular complexity index is 765. The summed E-state index contributed by atoms with van der Waals surface area (Å²) in [7, 11) is 0. The first kappa shape index (κ1) is 26.8. The minimum atomic E-state index is -5.65. The van der Waals surface area contributed by atoms with Crippen molar-refractivity contribution in [2.24, 2.45) is 0 Å². The highest BCUT2D eigenvalue weighted by Crippen LogP contribution is 2.41. The van der Waals surface area contributed by atoms with Gasteiger partial charge in [0.05, 0.1) is 6.61 Å². The summed E-state index contributed by atoms with van der Waals surface area (Å²) in [5.74, 6) is -13.0. The van der Waals surface area contributed by atoms with Gasteiger partial charge in [0, 0.05) is 12.5 Å². The van der Waals surface area contributed by atoms with Gasteiger partial charge >= 0.3 is 35.1 Å². The maximum absolute atomic E-state index is 13.7. The Kier molecular flexibility index (Phi) is 8.94. The third kappa shape index (κ3) is 7.13. The summed E-state index contributed by atoms with van der Waals surface area (Å²) < 4.78 is 106. The summed E-state index contributed by atoms with van der Waals surface area (Å²) >= 11 is 2.48. The lowest BCUT2D eigenvalue weighted by Crippen LogP contribution is -2.59. The van der Waals surface area contributed by atoms with Crippen LogP contribution in [0.4, 0.5) is 30.7 Å². The molecule has 1 aromatic carbocycles. The predicted molar refractivity (Wildman–Crippen MR) is 95.8 cm³/mol. The number of ether oxygens (including phenoxy) is 3. The number of esters is 2. The second kappa shape index (κ2) is 10.4. The average molecular weight is 478 g/mol. The van der Waals surface area contributed by atoms with Crippen molar-refractivity contribution < 1.29 is 54.5 Å². The molecule has 0 spiro atoms. The first-order chi connectivity index (χ1) is 14.2. The molecule has 0 aliphatic carbocycles. The standard InChI is InChI=1S/C18H17F7O5S/c1-2-13(26)30-16(17(21,22)23,14(27)29-12-8-4-3-5-9-12)28-11-7-6-10-15(19,20)18(24,25)31/h2-5,8-9,31H,1,6-7,10-11H2. The van der Waals surface area contributed by atoms with Gasteiger partial charge in [0.15, 0.2) is 0 Å². The molecule has 5 nitrogen and oxygen atoms in total. The topological polar surface area (TPSA) is 61.8 Å². The van der Waals surface area contributed by atoms with Crippen LogP contribution in [-0.4, -0.2) is 41.7 Å². The van der Waals surface area contributed by atoms with E-state index >= 15 is 0 Å². The van der Waals surface area contributed by atoms with Crippen molar-refractivity contribution >= 4 is 24.6 Å². The summed E-state index contributed by atoms with van der Waals surface area (Å²) in [5.41, 5.74) is 0. The van der Waals surface area contributed by atoms with E-state index < -0.39 is 60.9 Å². The maximum atomic E-state index is 13.7. The number of carbonyl (C=O) groups excluding carboxylic acids is 2. The molecule has 0 fully saturated rings. The third-order valence-corrected chi connectivity index (χ3v) is 3.96. The molecule has 0 aliphatic rings. The fourth-order valence-corrected chi connectivity index (χ4v) is 2.16. The van der Waals surface area contributed by atoms with Crippen LogP contribution in [0.2, 0.25) is 0 Å². The summed E-state index contributed by atoms with van der Waals surface area (Å²) in [6, 6.07) is 6.42. The fourth-order valence-electron chi connectivity index (χ4n) is 2.05. The lowest BCUT2D eigenvalue weighted by Gasteiger charge is -2.31. The minimum absolute atomic E-state index is 0.328. The number of carbonyl (C=O) groups is 2. The Labute approximate surface area is 177 Å². The zero-order chi connectivity index (χ0) is 23.9. The summed E-state index contributed by atoms with van der Waals surface area (Å²) in [6.07, 6.45) is -8.09. The highest BCUT2D eigenvalue weighted by atomic mass is 32.1. The number of benzene rings is 1. The van der Waals surface area contributed by atoms with E-state index in [1.807, 2.05) is 0 Å². The molecule has 0 radical (unpaired) electrons. The van der Waals surface area contributed by atoms with Crippen LogP contribution >= 0.6 is 12.6 Å². The molecule has 0 aliphatic heterocycles. The molecule has 1 unspecified atom stereocenters. The zero-order valence-electron chi connectivity index (χ0n) is 15.6. The van der Waals surface area contributed by atoms with E-state index in [1.54, 1.807) is 0 Å². The van der Waals surface area contributed by atoms with Gasteiger partial charge in [-0.2, -0.15) is 30.7 Å². The molecule has 1 rings (SSSR count). The van der Waals surface area contributed by atoms with E-state index in [9.17, 15) is 40.3 Å². The molecule has 1 aromatic rings. The summed E-state index contributed by atoms with van der Waals surface area (Å²) in [4.78, 5) is 23.7. The van der Waals surface area contributed by atoms with Crippen LogP contribution in [0.3, 0.4) is 0 Å². The van der Waals surface area contributed by atoms with Crippen LogP contribution in [0.25, 0.3) is 0 Å². The molecule has 0 saturated heterocycles. The zero-order valence-corrected chi connectivity index (χ0v) is 16.5. The Morgan fingerprint density at radius 1 is 1.00 bits per heavy atom. The molecular formula is C18H17F7O5S. The summed E-state index contributed by atoms with van der Waals surface area (Å²) in [6.45, 7) is 1.85. The second-order valence-corrected chi connectivity index (χ2v) is 6.56. The Hall–Kier alpha value is -2.28. The fraction of sp³-hybridized carbons (Fsp3) is 0.444. The number of thiol groups is 1. The molecule has 0 aromatic heterocycles. The van der Waals surface area contributed by atoms with Gasteiger partial charge in [-0.1, -0.05) is 37.4 Å². The Balaban J connectivity index is 3.00. The van der Waals surface area contributed by atoms with Crippen molar-refractivity contribution in [3.05, 3.63) is 43.0 Å². The van der Waals surface area contributed by atoms with Gasteiger partial charge in [0.2, 0.25) is 0 Å². The Morgan fingerprint density at radius 2 is 1.58 bits per heavy atom. The molecule has 13 heteroatoms. The van der Waals surface area contributed by atoms with Crippen LogP contribution < -0.4 is 4.74 Å². The van der Waals surface area contributed by atoms with Crippen molar-refractivity contribution in [2.75, 3.05) is 6.61 Å². The van der Waals surface area contributed by atoms with E-state index in [2.05, 4.69) is 33.4 Å². The van der Waals surface area contributed by atoms with Crippen molar-refractivity contribution in [1.29, 1.82) is 0 Å². The lowest BCUT2D eigenvalue weighted by molar-refractivity contribution is -0.352. The molecule has 0 bridgehead atoms. The number of unbranched alkanes of at least 4 members (excludes halogenated alkanes) is 1. The lowest BCUT2D eigenvalue weighted by atomic mass is 10.1. The average Bonchev–Trinajstić information content (AvgIpc) is 2.65. The number of hydrogen-bond donors (Lipinski definition) is 1. The largest absolute Gasteiger partial charge is 0.468 e. The quantitative estimate of drug-likeness (QED) is 0.0931. The van der Waals surface area contributed by atoms with Gasteiger partial charge in [0.1, 0.15) is 5.75 Å². The minimum Gasteiger partial charge on any atom is -0.421 e. The maximum Gasteiger partial charge on any atom is 0.468 e. The summed E-state index contributed by atoms with van der Waals surface area (Å²) in [5, 5.41) is -4.64. The SMILES string of the molecule is C=CC(=O)OC(OCCCCC(F)(F)C(F)(F)S)(C(=O)Oc1ccccc1)C(F)(F)F. The van der Waals surface area contributed by atoms with Gasteiger partial charge in [0.25, 0.3) is 0 Å². The van der Waals surface area contributed by atoms with Crippen molar-refractivity contribution in [3.8, 4) is 5.75 Å². The number of para-hydroxylation sites is 1. The Morgan fingerprint density at radius 3 is 2.06 bits per heavy atom. The van der Waals surface area contributed by atoms with Crippen LogP contribution in [0.1, 0.15) is 19.3 Å². The predicted octanol–water partition coefficient (Wildman–Crippen LogP) is 4.92. The third-order valence-electron chi connectivity index (χ3n) is 3.64. The number of alkyl halides is 7. The normalized spacial score (nSPS) is 14.5. The second-order valence-electron chi connectivity index (χ2n) is 5.99. The molecular weight excluding hydrogens is 461 g/mol. The number of hydrogen-bond acceptors (Lipinski definition) is 6. The van der Waals surface area contributed by atoms with Gasteiger partial charge in [-0.15, -0.1) is 0 Å². The highest BCUT2D eigenvalue weighted by molar-refractivity contribution is 7.81. The molecule has 0 heterocycles. The van der Waals surface area contributed by atoms with Gasteiger partial charge in [-0.3, -0.25) is 0 Å². The molecule has 0 saturated carbocycles. The molecule has 1 atom stereocenters. The van der Waals surface area contributed by atoms with Crippen molar-refractivity contribution in [1.82, 2.24) is 0 Å². The molecule has 0 amide bonds. The van der Waals surface area contributed by atoms with Crippen LogP contribution in [0.5, 0.6) is 5.75 Å². The van der Waals surface area contributed by atoms with E-state index in [4.69, 9.17) is 0 Å². The van der Waals surface area contributed by atoms with Gasteiger partial charge < -0.3 is 14.2 Å². The van der Waals surface area contributed by atoms with Gasteiger partial charge in [-0.25, -0.2) is 9.59 Å². The van der Waals surface area contributed by atoms with E-state index in [0.717, 1.165) is 12.1 Å². The van der Waals surface area contributed by atoms with Gasteiger partial charge in [-0.05, 0) is 25.0 Å². The molecule has 0 N–H and O–H groups in total. The molecule has 31 heavy (non-hydrogen) atoms. The van der Waals surface area contributed by atoms with Crippen molar-refractivity contribution in [2.45, 2.75) is 42.4 Å². The highest BCUT2D eigenvalue weighted by Gasteiger charge is 2.67. The monoisotopic (exact) mass is 478 g/mol.